The van der Waals surface area contributed by atoms with Gasteiger partial charge in [0.15, 0.2) is 0 Å². The Labute approximate surface area is 129 Å². The van der Waals surface area contributed by atoms with E-state index in [9.17, 15) is 14.4 Å². The summed E-state index contributed by atoms with van der Waals surface area (Å²) in [7, 11) is 1.27. The van der Waals surface area contributed by atoms with Crippen LogP contribution in [0.4, 0.5) is 0 Å². The van der Waals surface area contributed by atoms with Gasteiger partial charge in [-0.1, -0.05) is 13.8 Å². The number of carbonyl (C=O) groups excluding carboxylic acids is 3. The molecule has 0 aliphatic carbocycles. The summed E-state index contributed by atoms with van der Waals surface area (Å²) in [5.41, 5.74) is 0.325. The van der Waals surface area contributed by atoms with Gasteiger partial charge >= 0.3 is 5.97 Å². The molecule has 1 rings (SSSR count). The molecule has 1 aromatic heterocycles. The van der Waals surface area contributed by atoms with Gasteiger partial charge in [0.1, 0.15) is 18.3 Å². The molecule has 1 heterocycles. The zero-order valence-corrected chi connectivity index (χ0v) is 13.2. The smallest absolute Gasteiger partial charge is 0.328 e. The molecule has 0 radical (unpaired) electrons. The first kappa shape index (κ1) is 17.7. The highest BCUT2D eigenvalue weighted by molar-refractivity contribution is 5.97. The van der Waals surface area contributed by atoms with Gasteiger partial charge in [-0.05, 0) is 25.3 Å². The fourth-order valence-corrected chi connectivity index (χ4v) is 1.86. The van der Waals surface area contributed by atoms with Gasteiger partial charge in [0.25, 0.3) is 5.91 Å². The number of rotatable bonds is 7. The topological polar surface area (TPSA) is 97.6 Å². The van der Waals surface area contributed by atoms with Crippen molar-refractivity contribution in [3.05, 3.63) is 24.2 Å². The van der Waals surface area contributed by atoms with Gasteiger partial charge in [0, 0.05) is 0 Å². The van der Waals surface area contributed by atoms with Crippen LogP contribution >= 0.6 is 0 Å². The van der Waals surface area contributed by atoms with Crippen LogP contribution in [-0.4, -0.2) is 37.0 Å². The van der Waals surface area contributed by atoms with E-state index in [2.05, 4.69) is 15.4 Å². The molecule has 2 N–H and O–H groups in total. The molecule has 0 aliphatic heterocycles. The van der Waals surface area contributed by atoms with Crippen molar-refractivity contribution in [2.24, 2.45) is 5.92 Å². The van der Waals surface area contributed by atoms with Gasteiger partial charge in [0.05, 0.1) is 18.9 Å². The van der Waals surface area contributed by atoms with Gasteiger partial charge in [-0.25, -0.2) is 4.79 Å². The first-order valence-corrected chi connectivity index (χ1v) is 7.06. The summed E-state index contributed by atoms with van der Waals surface area (Å²) in [6.45, 7) is 5.41. The Morgan fingerprint density at radius 2 is 1.91 bits per heavy atom. The largest absolute Gasteiger partial charge is 0.472 e. The third-order valence-corrected chi connectivity index (χ3v) is 3.03. The van der Waals surface area contributed by atoms with E-state index in [1.165, 1.54) is 32.6 Å². The molecular formula is C15H22N2O5. The molecule has 0 saturated carbocycles. The number of nitrogens with one attached hydrogen (secondary N) is 2. The second kappa shape index (κ2) is 8.21. The second-order valence-electron chi connectivity index (χ2n) is 5.42. The van der Waals surface area contributed by atoms with Crippen LogP contribution in [0.3, 0.4) is 0 Å². The van der Waals surface area contributed by atoms with Crippen LogP contribution in [0.25, 0.3) is 0 Å². The predicted molar refractivity (Wildman–Crippen MR) is 79.0 cm³/mol. The van der Waals surface area contributed by atoms with E-state index in [-0.39, 0.29) is 5.92 Å². The summed E-state index contributed by atoms with van der Waals surface area (Å²) in [5, 5.41) is 5.13. The number of hydrogen-bond acceptors (Lipinski definition) is 5. The summed E-state index contributed by atoms with van der Waals surface area (Å²) in [4.78, 5) is 35.6. The summed E-state index contributed by atoms with van der Waals surface area (Å²) < 4.78 is 9.49. The maximum atomic E-state index is 12.1. The minimum Gasteiger partial charge on any atom is -0.472 e. The third-order valence-electron chi connectivity index (χ3n) is 3.03. The van der Waals surface area contributed by atoms with Crippen LogP contribution < -0.4 is 10.6 Å². The number of furan rings is 1. The van der Waals surface area contributed by atoms with Crippen molar-refractivity contribution in [2.45, 2.75) is 39.3 Å². The number of esters is 1. The highest BCUT2D eigenvalue weighted by atomic mass is 16.5. The Morgan fingerprint density at radius 1 is 1.23 bits per heavy atom. The molecule has 0 aliphatic rings. The molecule has 1 aromatic rings. The fourth-order valence-electron chi connectivity index (χ4n) is 1.86. The quantitative estimate of drug-likeness (QED) is 0.735. The normalized spacial score (nSPS) is 13.3. The molecule has 0 fully saturated rings. The standard InChI is InChI=1S/C15H22N2O5/c1-9(2)7-12(15(20)21-4)17-13(18)10(3)16-14(19)11-5-6-22-8-11/h5-6,8-10,12H,7H2,1-4H3,(H,16,19)(H,17,18). The lowest BCUT2D eigenvalue weighted by Crippen LogP contribution is -2.50. The molecule has 7 nitrogen and oxygen atoms in total. The van der Waals surface area contributed by atoms with E-state index in [4.69, 9.17) is 4.42 Å². The van der Waals surface area contributed by atoms with Crippen LogP contribution in [0.15, 0.2) is 23.0 Å². The monoisotopic (exact) mass is 310 g/mol. The van der Waals surface area contributed by atoms with Crippen molar-refractivity contribution in [3.8, 4) is 0 Å². The molecule has 0 bridgehead atoms. The van der Waals surface area contributed by atoms with E-state index in [1.807, 2.05) is 13.8 Å². The van der Waals surface area contributed by atoms with E-state index >= 15 is 0 Å². The number of ether oxygens (including phenoxy) is 1. The van der Waals surface area contributed by atoms with Gasteiger partial charge in [-0.2, -0.15) is 0 Å². The van der Waals surface area contributed by atoms with Crippen molar-refractivity contribution in [1.29, 1.82) is 0 Å². The van der Waals surface area contributed by atoms with Crippen molar-refractivity contribution in [3.63, 3.8) is 0 Å². The summed E-state index contributed by atoms with van der Waals surface area (Å²) in [6, 6.07) is -0.0248. The Morgan fingerprint density at radius 3 is 2.41 bits per heavy atom. The molecule has 0 spiro atoms. The average molecular weight is 310 g/mol. The summed E-state index contributed by atoms with van der Waals surface area (Å²) >= 11 is 0. The Hall–Kier alpha value is -2.31. The van der Waals surface area contributed by atoms with Crippen LogP contribution in [-0.2, 0) is 14.3 Å². The van der Waals surface area contributed by atoms with Gasteiger partial charge in [0.2, 0.25) is 5.91 Å². The van der Waals surface area contributed by atoms with Crippen LogP contribution in [0.5, 0.6) is 0 Å². The maximum Gasteiger partial charge on any atom is 0.328 e. The number of carbonyl (C=O) groups is 3. The minimum atomic E-state index is -0.790. The maximum absolute atomic E-state index is 12.1. The molecule has 2 amide bonds. The van der Waals surface area contributed by atoms with Crippen molar-refractivity contribution >= 4 is 17.8 Å². The van der Waals surface area contributed by atoms with Gasteiger partial charge < -0.3 is 19.8 Å². The number of hydrogen-bond donors (Lipinski definition) is 2. The molecule has 22 heavy (non-hydrogen) atoms. The zero-order valence-electron chi connectivity index (χ0n) is 13.2. The van der Waals surface area contributed by atoms with Crippen molar-refractivity contribution < 1.29 is 23.5 Å². The lowest BCUT2D eigenvalue weighted by molar-refractivity contribution is -0.145. The van der Waals surface area contributed by atoms with Crippen LogP contribution in [0.2, 0.25) is 0 Å². The van der Waals surface area contributed by atoms with Gasteiger partial charge in [-0.3, -0.25) is 9.59 Å². The van der Waals surface area contributed by atoms with E-state index in [0.29, 0.717) is 12.0 Å². The van der Waals surface area contributed by atoms with E-state index < -0.39 is 29.9 Å². The number of amides is 2. The van der Waals surface area contributed by atoms with Crippen molar-refractivity contribution in [1.82, 2.24) is 10.6 Å². The minimum absolute atomic E-state index is 0.209. The molecule has 0 saturated heterocycles. The highest BCUT2D eigenvalue weighted by Gasteiger charge is 2.25. The van der Waals surface area contributed by atoms with E-state index in [1.54, 1.807) is 0 Å². The average Bonchev–Trinajstić information content (AvgIpc) is 2.99. The lowest BCUT2D eigenvalue weighted by Gasteiger charge is -2.21. The fraction of sp³-hybridized carbons (Fsp3) is 0.533. The van der Waals surface area contributed by atoms with E-state index in [0.717, 1.165) is 0 Å². The van der Waals surface area contributed by atoms with Crippen LogP contribution in [0, 0.1) is 5.92 Å². The highest BCUT2D eigenvalue weighted by Crippen LogP contribution is 2.07. The van der Waals surface area contributed by atoms with Gasteiger partial charge in [-0.15, -0.1) is 0 Å². The van der Waals surface area contributed by atoms with Crippen LogP contribution in [0.1, 0.15) is 37.6 Å². The Balaban J connectivity index is 2.60. The molecule has 2 atom stereocenters. The predicted octanol–water partition coefficient (Wildman–Crippen LogP) is 1.10. The molecule has 7 heteroatoms. The summed E-state index contributed by atoms with van der Waals surface area (Å²) in [6.07, 6.45) is 3.12. The molecule has 122 valence electrons. The summed E-state index contributed by atoms with van der Waals surface area (Å²) in [5.74, 6) is -1.17. The van der Waals surface area contributed by atoms with Crippen molar-refractivity contribution in [2.75, 3.05) is 7.11 Å². The SMILES string of the molecule is COC(=O)C(CC(C)C)NC(=O)C(C)NC(=O)c1ccoc1. The molecular weight excluding hydrogens is 288 g/mol. The molecule has 2 unspecified atom stereocenters. The number of methoxy groups -OCH3 is 1. The Bertz CT molecular complexity index is 510. The molecule has 0 aromatic carbocycles. The Kier molecular flexibility index (Phi) is 6.62. The third kappa shape index (κ3) is 5.23. The second-order valence-corrected chi connectivity index (χ2v) is 5.42. The zero-order chi connectivity index (χ0) is 16.7. The lowest BCUT2D eigenvalue weighted by atomic mass is 10.0. The first-order valence-electron chi connectivity index (χ1n) is 7.06. The first-order chi connectivity index (χ1) is 10.3.